The maximum Gasteiger partial charge on any atom is 0.283 e. The van der Waals surface area contributed by atoms with E-state index in [0.29, 0.717) is 24.4 Å². The van der Waals surface area contributed by atoms with E-state index in [0.717, 1.165) is 4.68 Å². The number of hydrogen-bond acceptors (Lipinski definition) is 3. The number of ether oxygens (including phenoxy) is 1. The summed E-state index contributed by atoms with van der Waals surface area (Å²) in [4.78, 5) is 14.4. The van der Waals surface area contributed by atoms with Crippen LogP contribution in [0.5, 0.6) is 5.75 Å². The Morgan fingerprint density at radius 2 is 1.93 bits per heavy atom. The molecule has 2 aromatic rings. The second kappa shape index (κ2) is 8.61. The van der Waals surface area contributed by atoms with Crippen molar-refractivity contribution in [1.29, 1.82) is 0 Å². The third-order valence-corrected chi connectivity index (χ3v) is 5.66. The van der Waals surface area contributed by atoms with Gasteiger partial charge >= 0.3 is 0 Å². The lowest BCUT2D eigenvalue weighted by Crippen LogP contribution is -2.39. The summed E-state index contributed by atoms with van der Waals surface area (Å²) in [5.74, 6) is -0.354. The number of hydrogen-bond donors (Lipinski definition) is 0. The summed E-state index contributed by atoms with van der Waals surface area (Å²) in [5, 5.41) is 4.38. The Kier molecular flexibility index (Phi) is 6.59. The summed E-state index contributed by atoms with van der Waals surface area (Å²) >= 11 is 24.1. The van der Waals surface area contributed by atoms with Gasteiger partial charge < -0.3 is 9.64 Å². The summed E-state index contributed by atoms with van der Waals surface area (Å²) in [6.45, 7) is 0.484. The number of alkyl halides is 2. The standard InChI is InChI=1S/C17H15Cl4F2N3O2/c1-25-15(21)12(13(24-25)16(22)23)17(27)26-4-2-3-9(26)7-28-14-10(19)5-8(18)6-11(14)20/h5-6,9,16H,2-4,7H2,1H3/t9-/m0/s1. The summed E-state index contributed by atoms with van der Waals surface area (Å²) in [5.41, 5.74) is -0.915. The van der Waals surface area contributed by atoms with Gasteiger partial charge in [-0.3, -0.25) is 9.48 Å². The van der Waals surface area contributed by atoms with Gasteiger partial charge in [0.15, 0.2) is 5.75 Å². The highest BCUT2D eigenvalue weighted by Crippen LogP contribution is 2.37. The van der Waals surface area contributed by atoms with Gasteiger partial charge in [0.1, 0.15) is 23.0 Å². The molecule has 0 unspecified atom stereocenters. The minimum absolute atomic E-state index is 0.0920. The fourth-order valence-electron chi connectivity index (χ4n) is 3.14. The molecule has 1 aromatic heterocycles. The van der Waals surface area contributed by atoms with E-state index in [1.807, 2.05) is 0 Å². The third kappa shape index (κ3) is 4.17. The molecule has 1 amide bonds. The molecular formula is C17H15Cl4F2N3O2. The Morgan fingerprint density at radius 3 is 2.54 bits per heavy atom. The Bertz CT molecular complexity index is 884. The lowest BCUT2D eigenvalue weighted by Gasteiger charge is -2.25. The van der Waals surface area contributed by atoms with Crippen LogP contribution in [0.2, 0.25) is 20.2 Å². The number of aromatic nitrogens is 2. The predicted molar refractivity (Wildman–Crippen MR) is 104 cm³/mol. The molecule has 1 atom stereocenters. The van der Waals surface area contributed by atoms with Crippen LogP contribution in [0.4, 0.5) is 8.78 Å². The number of aryl methyl sites for hydroxylation is 1. The van der Waals surface area contributed by atoms with Gasteiger partial charge in [0.05, 0.1) is 16.1 Å². The first-order valence-corrected chi connectivity index (χ1v) is 9.80. The second-order valence-electron chi connectivity index (χ2n) is 6.28. The number of amides is 1. The minimum atomic E-state index is -2.92. The normalized spacial score (nSPS) is 16.9. The maximum atomic E-state index is 13.3. The Labute approximate surface area is 180 Å². The van der Waals surface area contributed by atoms with Gasteiger partial charge in [-0.25, -0.2) is 8.78 Å². The first-order valence-electron chi connectivity index (χ1n) is 8.29. The number of nitrogens with zero attached hydrogens (tertiary/aromatic N) is 3. The van der Waals surface area contributed by atoms with Gasteiger partial charge in [0.25, 0.3) is 12.3 Å². The van der Waals surface area contributed by atoms with Crippen molar-refractivity contribution in [3.63, 3.8) is 0 Å². The zero-order chi connectivity index (χ0) is 20.6. The molecule has 0 bridgehead atoms. The molecule has 3 rings (SSSR count). The van der Waals surface area contributed by atoms with Crippen molar-refractivity contribution < 1.29 is 18.3 Å². The van der Waals surface area contributed by atoms with E-state index < -0.39 is 18.0 Å². The summed E-state index contributed by atoms with van der Waals surface area (Å²) in [6, 6.07) is 2.63. The molecule has 0 spiro atoms. The van der Waals surface area contributed by atoms with E-state index in [-0.39, 0.29) is 39.2 Å². The summed E-state index contributed by atoms with van der Waals surface area (Å²) in [7, 11) is 1.40. The first-order chi connectivity index (χ1) is 13.2. The molecule has 5 nitrogen and oxygen atoms in total. The van der Waals surface area contributed by atoms with Gasteiger partial charge in [0.2, 0.25) is 0 Å². The monoisotopic (exact) mass is 471 g/mol. The van der Waals surface area contributed by atoms with Crippen LogP contribution in [-0.2, 0) is 7.05 Å². The molecule has 11 heteroatoms. The topological polar surface area (TPSA) is 47.4 Å². The number of carbonyl (C=O) groups excluding carboxylic acids is 1. The van der Waals surface area contributed by atoms with Crippen LogP contribution in [0.1, 0.15) is 35.3 Å². The van der Waals surface area contributed by atoms with Crippen LogP contribution in [-0.4, -0.2) is 39.8 Å². The van der Waals surface area contributed by atoms with Crippen molar-refractivity contribution in [2.75, 3.05) is 13.2 Å². The third-order valence-electron chi connectivity index (χ3n) is 4.45. The average molecular weight is 473 g/mol. The Morgan fingerprint density at radius 1 is 1.29 bits per heavy atom. The van der Waals surface area contributed by atoms with Crippen molar-refractivity contribution in [1.82, 2.24) is 14.7 Å². The summed E-state index contributed by atoms with van der Waals surface area (Å²) in [6.07, 6.45) is -1.58. The number of rotatable bonds is 5. The molecule has 0 saturated carbocycles. The molecule has 152 valence electrons. The van der Waals surface area contributed by atoms with E-state index in [1.54, 1.807) is 0 Å². The quantitative estimate of drug-likeness (QED) is 0.564. The molecule has 1 aromatic carbocycles. The molecule has 0 N–H and O–H groups in total. The van der Waals surface area contributed by atoms with Crippen molar-refractivity contribution >= 4 is 52.3 Å². The molecule has 1 aliphatic heterocycles. The largest absolute Gasteiger partial charge is 0.488 e. The van der Waals surface area contributed by atoms with E-state index >= 15 is 0 Å². The van der Waals surface area contributed by atoms with Crippen molar-refractivity contribution in [3.8, 4) is 5.75 Å². The number of carbonyl (C=O) groups is 1. The van der Waals surface area contributed by atoms with Crippen LogP contribution in [0, 0.1) is 0 Å². The highest BCUT2D eigenvalue weighted by atomic mass is 35.5. The zero-order valence-electron chi connectivity index (χ0n) is 14.6. The van der Waals surface area contributed by atoms with Gasteiger partial charge in [-0.2, -0.15) is 5.10 Å². The summed E-state index contributed by atoms with van der Waals surface area (Å²) < 4.78 is 33.4. The molecule has 1 fully saturated rings. The second-order valence-corrected chi connectivity index (χ2v) is 7.89. The highest BCUT2D eigenvalue weighted by molar-refractivity contribution is 6.40. The maximum absolute atomic E-state index is 13.3. The van der Waals surface area contributed by atoms with Gasteiger partial charge in [0, 0.05) is 18.6 Å². The SMILES string of the molecule is Cn1nc(C(F)F)c(C(=O)N2CCC[C@H]2COc2c(Cl)cc(Cl)cc2Cl)c1Cl. The van der Waals surface area contributed by atoms with Gasteiger partial charge in [-0.05, 0) is 25.0 Å². The van der Waals surface area contributed by atoms with Crippen LogP contribution in [0.3, 0.4) is 0 Å². The predicted octanol–water partition coefficient (Wildman–Crippen LogP) is 5.65. The highest BCUT2D eigenvalue weighted by Gasteiger charge is 2.36. The zero-order valence-corrected chi connectivity index (χ0v) is 17.6. The number of halogens is 6. The van der Waals surface area contributed by atoms with E-state index in [1.165, 1.54) is 24.1 Å². The van der Waals surface area contributed by atoms with Crippen molar-refractivity contribution in [3.05, 3.63) is 43.6 Å². The fourth-order valence-corrected chi connectivity index (χ4v) is 4.28. The lowest BCUT2D eigenvalue weighted by atomic mass is 10.2. The van der Waals surface area contributed by atoms with Crippen LogP contribution < -0.4 is 4.74 Å². The molecule has 1 aliphatic rings. The van der Waals surface area contributed by atoms with E-state index in [2.05, 4.69) is 5.10 Å². The molecule has 0 radical (unpaired) electrons. The lowest BCUT2D eigenvalue weighted by molar-refractivity contribution is 0.0680. The smallest absolute Gasteiger partial charge is 0.283 e. The van der Waals surface area contributed by atoms with Crippen LogP contribution in [0.25, 0.3) is 0 Å². The van der Waals surface area contributed by atoms with Gasteiger partial charge in [-0.15, -0.1) is 0 Å². The first kappa shape index (κ1) is 21.4. The van der Waals surface area contributed by atoms with E-state index in [4.69, 9.17) is 51.1 Å². The number of likely N-dealkylation sites (tertiary alicyclic amines) is 1. The van der Waals surface area contributed by atoms with Crippen LogP contribution in [0.15, 0.2) is 12.1 Å². The molecule has 2 heterocycles. The molecule has 28 heavy (non-hydrogen) atoms. The van der Waals surface area contributed by atoms with Gasteiger partial charge in [-0.1, -0.05) is 46.4 Å². The van der Waals surface area contributed by atoms with Crippen molar-refractivity contribution in [2.24, 2.45) is 7.05 Å². The minimum Gasteiger partial charge on any atom is -0.488 e. The molecule has 1 saturated heterocycles. The average Bonchev–Trinajstić information content (AvgIpc) is 3.19. The molecular weight excluding hydrogens is 458 g/mol. The van der Waals surface area contributed by atoms with Crippen molar-refractivity contribution in [2.45, 2.75) is 25.3 Å². The number of benzene rings is 1. The Hall–Kier alpha value is -1.28. The fraction of sp³-hybridized carbons (Fsp3) is 0.412. The van der Waals surface area contributed by atoms with Crippen LogP contribution >= 0.6 is 46.4 Å². The molecule has 0 aliphatic carbocycles. The van der Waals surface area contributed by atoms with E-state index in [9.17, 15) is 13.6 Å². The Balaban J connectivity index is 1.80.